The van der Waals surface area contributed by atoms with E-state index in [1.165, 1.54) is 0 Å². The van der Waals surface area contributed by atoms with E-state index < -0.39 is 0 Å². The second-order valence-corrected chi connectivity index (χ2v) is 2.35. The molecule has 0 aliphatic carbocycles. The number of hydrogen-bond acceptors (Lipinski definition) is 1. The Morgan fingerprint density at radius 2 is 2.40 bits per heavy atom. The summed E-state index contributed by atoms with van der Waals surface area (Å²) in [5, 5.41) is 3.22. The number of rotatable bonds is 5. The van der Waals surface area contributed by atoms with Gasteiger partial charge in [0.15, 0.2) is 0 Å². The number of unbranched alkanes of at least 4 members (excludes halogenated alkanes) is 1. The van der Waals surface area contributed by atoms with Gasteiger partial charge in [0.25, 0.3) is 0 Å². The monoisotopic (exact) mass is 138 g/mol. The van der Waals surface area contributed by atoms with Crippen molar-refractivity contribution < 1.29 is 0 Å². The fraction of sp³-hybridized carbons (Fsp3) is 0.667. The summed E-state index contributed by atoms with van der Waals surface area (Å²) in [4.78, 5) is 0. The molecule has 1 heteroatoms. The number of nitrogens with one attached hydrogen (secondary N) is 1. The Hall–Kier alpha value is -0.480. The van der Waals surface area contributed by atoms with Crippen LogP contribution in [0, 0.1) is 19.3 Å². The van der Waals surface area contributed by atoms with Crippen LogP contribution in [-0.4, -0.2) is 12.6 Å². The van der Waals surface area contributed by atoms with Crippen molar-refractivity contribution in [2.45, 2.75) is 32.2 Å². The Morgan fingerprint density at radius 3 is 2.90 bits per heavy atom. The van der Waals surface area contributed by atoms with Gasteiger partial charge in [-0.3, -0.25) is 0 Å². The van der Waals surface area contributed by atoms with Gasteiger partial charge in [0.05, 0.1) is 0 Å². The molecule has 0 bridgehead atoms. The van der Waals surface area contributed by atoms with E-state index in [1.807, 2.05) is 0 Å². The lowest BCUT2D eigenvalue weighted by Gasteiger charge is -2.09. The maximum absolute atomic E-state index is 5.10. The van der Waals surface area contributed by atoms with E-state index in [2.05, 4.69) is 25.1 Å². The fourth-order valence-electron chi connectivity index (χ4n) is 0.841. The predicted molar refractivity (Wildman–Crippen MR) is 45.5 cm³/mol. The van der Waals surface area contributed by atoms with Gasteiger partial charge >= 0.3 is 0 Å². The molecule has 0 spiro atoms. The highest BCUT2D eigenvalue weighted by Gasteiger charge is 1.96. The molecule has 0 aliphatic rings. The third-order valence-electron chi connectivity index (χ3n) is 1.37. The van der Waals surface area contributed by atoms with Gasteiger partial charge in [-0.2, -0.15) is 0 Å². The van der Waals surface area contributed by atoms with Gasteiger partial charge < -0.3 is 5.32 Å². The maximum atomic E-state index is 5.10. The van der Waals surface area contributed by atoms with Gasteiger partial charge in [0.2, 0.25) is 0 Å². The van der Waals surface area contributed by atoms with E-state index in [4.69, 9.17) is 6.42 Å². The van der Waals surface area contributed by atoms with Gasteiger partial charge in [-0.15, -0.1) is 12.3 Å². The Labute approximate surface area is 64.2 Å². The van der Waals surface area contributed by atoms with Crippen LogP contribution in [0.15, 0.2) is 0 Å². The van der Waals surface area contributed by atoms with Crippen molar-refractivity contribution in [3.05, 3.63) is 6.92 Å². The van der Waals surface area contributed by atoms with Crippen LogP contribution in [0.1, 0.15) is 26.2 Å². The molecule has 57 valence electrons. The van der Waals surface area contributed by atoms with Crippen LogP contribution in [0.4, 0.5) is 0 Å². The highest BCUT2D eigenvalue weighted by molar-refractivity contribution is 4.84. The van der Waals surface area contributed by atoms with Gasteiger partial charge in [-0.25, -0.2) is 0 Å². The molecule has 1 unspecified atom stereocenters. The molecule has 0 fully saturated rings. The quantitative estimate of drug-likeness (QED) is 0.449. The van der Waals surface area contributed by atoms with Crippen molar-refractivity contribution in [2.24, 2.45) is 0 Å². The van der Waals surface area contributed by atoms with Crippen molar-refractivity contribution in [3.8, 4) is 12.3 Å². The normalized spacial score (nSPS) is 12.5. The highest BCUT2D eigenvalue weighted by atomic mass is 14.9. The molecule has 0 amide bonds. The van der Waals surface area contributed by atoms with Gasteiger partial charge in [0, 0.05) is 12.5 Å². The van der Waals surface area contributed by atoms with Crippen molar-refractivity contribution in [1.29, 1.82) is 0 Å². The van der Waals surface area contributed by atoms with E-state index >= 15 is 0 Å². The minimum absolute atomic E-state index is 0.373. The van der Waals surface area contributed by atoms with Crippen LogP contribution in [-0.2, 0) is 0 Å². The summed E-state index contributed by atoms with van der Waals surface area (Å²) in [5.41, 5.74) is 0. The Balaban J connectivity index is 3.06. The van der Waals surface area contributed by atoms with E-state index in [-0.39, 0.29) is 0 Å². The van der Waals surface area contributed by atoms with Crippen molar-refractivity contribution in [1.82, 2.24) is 5.32 Å². The first-order valence-electron chi connectivity index (χ1n) is 3.81. The first-order chi connectivity index (χ1) is 4.81. The lowest BCUT2D eigenvalue weighted by Crippen LogP contribution is -2.25. The Morgan fingerprint density at radius 1 is 1.70 bits per heavy atom. The summed E-state index contributed by atoms with van der Waals surface area (Å²) < 4.78 is 0. The molecule has 0 aromatic carbocycles. The highest BCUT2D eigenvalue weighted by Crippen LogP contribution is 1.97. The molecule has 0 aromatic heterocycles. The molecule has 1 nitrogen and oxygen atoms in total. The van der Waals surface area contributed by atoms with Crippen LogP contribution in [0.5, 0.6) is 0 Å². The third-order valence-corrected chi connectivity index (χ3v) is 1.37. The molecule has 1 N–H and O–H groups in total. The van der Waals surface area contributed by atoms with Gasteiger partial charge in [-0.05, 0) is 26.3 Å². The van der Waals surface area contributed by atoms with Crippen LogP contribution in [0.2, 0.25) is 0 Å². The molecular formula is C9H16N. The average molecular weight is 138 g/mol. The van der Waals surface area contributed by atoms with Crippen LogP contribution in [0.3, 0.4) is 0 Å². The SMILES string of the molecule is C#CCCCC([CH2])NCC. The number of terminal acetylenes is 1. The summed E-state index contributed by atoms with van der Waals surface area (Å²) in [5.74, 6) is 2.61. The van der Waals surface area contributed by atoms with Crippen LogP contribution < -0.4 is 5.32 Å². The molecule has 10 heavy (non-hydrogen) atoms. The minimum Gasteiger partial charge on any atom is -0.314 e. The molecule has 0 aromatic rings. The lowest BCUT2D eigenvalue weighted by atomic mass is 10.1. The smallest absolute Gasteiger partial charge is 0.00866 e. The van der Waals surface area contributed by atoms with Crippen molar-refractivity contribution >= 4 is 0 Å². The van der Waals surface area contributed by atoms with E-state index in [1.54, 1.807) is 0 Å². The van der Waals surface area contributed by atoms with E-state index in [0.717, 1.165) is 25.8 Å². The average Bonchev–Trinajstić information content (AvgIpc) is 1.89. The zero-order valence-electron chi connectivity index (χ0n) is 6.69. The molecule has 0 saturated heterocycles. The molecule has 0 rings (SSSR count). The van der Waals surface area contributed by atoms with Gasteiger partial charge in [-0.1, -0.05) is 6.92 Å². The zero-order valence-corrected chi connectivity index (χ0v) is 6.69. The molecular weight excluding hydrogens is 122 g/mol. The number of hydrogen-bond donors (Lipinski definition) is 1. The first kappa shape index (κ1) is 9.52. The molecule has 0 heterocycles. The second-order valence-electron chi connectivity index (χ2n) is 2.35. The largest absolute Gasteiger partial charge is 0.314 e. The van der Waals surface area contributed by atoms with E-state index in [0.29, 0.717) is 6.04 Å². The summed E-state index contributed by atoms with van der Waals surface area (Å²) >= 11 is 0. The van der Waals surface area contributed by atoms with Crippen molar-refractivity contribution in [2.75, 3.05) is 6.54 Å². The standard InChI is InChI=1S/C9H16N/c1-4-6-7-8-9(3)10-5-2/h1,9-10H,3,5-8H2,2H3. The Bertz CT molecular complexity index is 102. The summed E-state index contributed by atoms with van der Waals surface area (Å²) in [6, 6.07) is 0.373. The zero-order chi connectivity index (χ0) is 7.82. The summed E-state index contributed by atoms with van der Waals surface area (Å²) in [7, 11) is 0. The fourth-order valence-corrected chi connectivity index (χ4v) is 0.841. The third kappa shape index (κ3) is 5.65. The summed E-state index contributed by atoms with van der Waals surface area (Å²) in [6.45, 7) is 6.99. The molecule has 0 saturated carbocycles. The van der Waals surface area contributed by atoms with E-state index in [9.17, 15) is 0 Å². The first-order valence-corrected chi connectivity index (χ1v) is 3.81. The lowest BCUT2D eigenvalue weighted by molar-refractivity contribution is 0.555. The Kier molecular flexibility index (Phi) is 6.32. The second kappa shape index (κ2) is 6.64. The molecule has 1 atom stereocenters. The molecule has 1 radical (unpaired) electrons. The van der Waals surface area contributed by atoms with Crippen LogP contribution in [0.25, 0.3) is 0 Å². The van der Waals surface area contributed by atoms with Gasteiger partial charge in [0.1, 0.15) is 0 Å². The predicted octanol–water partition coefficient (Wildman–Crippen LogP) is 1.60. The summed E-state index contributed by atoms with van der Waals surface area (Å²) in [6.07, 6.45) is 8.13. The van der Waals surface area contributed by atoms with Crippen molar-refractivity contribution in [3.63, 3.8) is 0 Å². The minimum atomic E-state index is 0.373. The molecule has 0 aliphatic heterocycles. The maximum Gasteiger partial charge on any atom is 0.00866 e. The van der Waals surface area contributed by atoms with Crippen LogP contribution >= 0.6 is 0 Å². The topological polar surface area (TPSA) is 12.0 Å².